The number of amides is 1. The lowest BCUT2D eigenvalue weighted by Gasteiger charge is -2.31. The molecule has 4 rings (SSSR count). The van der Waals surface area contributed by atoms with Gasteiger partial charge >= 0.3 is 6.18 Å². The van der Waals surface area contributed by atoms with Crippen LogP contribution in [0.25, 0.3) is 0 Å². The normalized spacial score (nSPS) is 20.1. The summed E-state index contributed by atoms with van der Waals surface area (Å²) in [6.45, 7) is 6.11. The van der Waals surface area contributed by atoms with Gasteiger partial charge in [0.05, 0.1) is 23.7 Å². The number of ether oxygens (including phenoxy) is 1. The van der Waals surface area contributed by atoms with Gasteiger partial charge in [0.2, 0.25) is 5.91 Å². The summed E-state index contributed by atoms with van der Waals surface area (Å²) in [6, 6.07) is 1.66. The average molecular weight is 415 g/mol. The number of alkyl halides is 3. The number of hydrogen-bond donors (Lipinski definition) is 0. The Balaban J connectivity index is 1.67. The van der Waals surface area contributed by atoms with Gasteiger partial charge in [-0.1, -0.05) is 26.7 Å². The lowest BCUT2D eigenvalue weighted by atomic mass is 9.93. The fourth-order valence-electron chi connectivity index (χ4n) is 3.73. The molecule has 0 spiro atoms. The summed E-state index contributed by atoms with van der Waals surface area (Å²) in [6.07, 6.45) is 0.334. The highest BCUT2D eigenvalue weighted by Crippen LogP contribution is 2.45. The number of likely N-dealkylation sites (tertiary alicyclic amines) is 1. The van der Waals surface area contributed by atoms with E-state index >= 15 is 0 Å². The Bertz CT molecular complexity index is 1060. The fraction of sp³-hybridized carbons (Fsp3) is 0.409. The van der Waals surface area contributed by atoms with Crippen molar-refractivity contribution in [1.82, 2.24) is 14.9 Å². The summed E-state index contributed by atoms with van der Waals surface area (Å²) in [7, 11) is 0. The molecule has 5 nitrogen and oxygen atoms in total. The van der Waals surface area contributed by atoms with Crippen molar-refractivity contribution < 1.29 is 22.7 Å². The monoisotopic (exact) mass is 415 g/mol. The summed E-state index contributed by atoms with van der Waals surface area (Å²) < 4.78 is 44.8. The Morgan fingerprint density at radius 2 is 2.00 bits per heavy atom. The van der Waals surface area contributed by atoms with Crippen LogP contribution < -0.4 is 4.74 Å². The van der Waals surface area contributed by atoms with Gasteiger partial charge in [-0.2, -0.15) is 13.2 Å². The molecule has 156 valence electrons. The maximum Gasteiger partial charge on any atom is 0.416 e. The van der Waals surface area contributed by atoms with Crippen LogP contribution in [-0.4, -0.2) is 33.4 Å². The Kier molecular flexibility index (Phi) is 4.72. The van der Waals surface area contributed by atoms with E-state index in [0.717, 1.165) is 23.9 Å². The number of pyridine rings is 2. The lowest BCUT2D eigenvalue weighted by Crippen LogP contribution is -2.39. The number of hydrogen-bond acceptors (Lipinski definition) is 4. The van der Waals surface area contributed by atoms with Gasteiger partial charge < -0.3 is 9.64 Å². The highest BCUT2D eigenvalue weighted by Gasteiger charge is 2.45. The van der Waals surface area contributed by atoms with E-state index in [4.69, 9.17) is 4.74 Å². The number of aromatic nitrogens is 2. The van der Waals surface area contributed by atoms with E-state index < -0.39 is 17.2 Å². The molecule has 2 aromatic heterocycles. The standard InChI is InChI=1S/C22H20F3N3O2/c1-21(2,3)20(29)28-12-16-9-18(28)17-11-26-10-13(19(17)30-16)4-5-15-8-14(6-7-27-15)22(23,24)25/h6-8,10-11,16,18H,9,12H2,1-3H3/t16-,18-/m0/s1. The van der Waals surface area contributed by atoms with Crippen molar-refractivity contribution in [3.63, 3.8) is 0 Å². The first-order valence-electron chi connectivity index (χ1n) is 9.55. The Hall–Kier alpha value is -3.08. The van der Waals surface area contributed by atoms with Crippen LogP contribution in [0.1, 0.15) is 55.6 Å². The van der Waals surface area contributed by atoms with Gasteiger partial charge in [0.1, 0.15) is 17.5 Å². The first-order valence-corrected chi connectivity index (χ1v) is 9.55. The molecule has 2 aromatic rings. The third-order valence-corrected chi connectivity index (χ3v) is 5.15. The quantitative estimate of drug-likeness (QED) is 0.611. The van der Waals surface area contributed by atoms with Crippen LogP contribution in [-0.2, 0) is 11.0 Å². The second-order valence-corrected chi connectivity index (χ2v) is 8.48. The molecule has 8 heteroatoms. The molecule has 2 bridgehead atoms. The minimum absolute atomic E-state index is 0.00532. The van der Waals surface area contributed by atoms with E-state index in [2.05, 4.69) is 21.8 Å². The van der Waals surface area contributed by atoms with Crippen molar-refractivity contribution >= 4 is 5.91 Å². The van der Waals surface area contributed by atoms with Crippen LogP contribution in [0.4, 0.5) is 13.2 Å². The van der Waals surface area contributed by atoms with E-state index in [9.17, 15) is 18.0 Å². The van der Waals surface area contributed by atoms with E-state index in [1.807, 2.05) is 25.7 Å². The minimum atomic E-state index is -4.46. The summed E-state index contributed by atoms with van der Waals surface area (Å²) in [5.74, 6) is 6.09. The predicted molar refractivity (Wildman–Crippen MR) is 102 cm³/mol. The molecule has 1 saturated heterocycles. The van der Waals surface area contributed by atoms with E-state index in [1.54, 1.807) is 6.20 Å². The average Bonchev–Trinajstić information content (AvgIpc) is 3.02. The first-order chi connectivity index (χ1) is 14.0. The molecule has 1 amide bonds. The SMILES string of the molecule is CC(C)(C)C(=O)N1C[C@@H]2C[C@H]1c1cncc(C#Cc3cc(C(F)(F)F)ccn3)c1O2. The van der Waals surface area contributed by atoms with Crippen LogP contribution >= 0.6 is 0 Å². The summed E-state index contributed by atoms with van der Waals surface area (Å²) in [5, 5.41) is 0. The number of nitrogens with zero attached hydrogens (tertiary/aromatic N) is 3. The molecule has 1 fully saturated rings. The maximum absolute atomic E-state index is 12.9. The molecule has 0 unspecified atom stereocenters. The number of fused-ring (bicyclic) bond motifs is 4. The van der Waals surface area contributed by atoms with Crippen LogP contribution in [0.3, 0.4) is 0 Å². The molecule has 0 aromatic carbocycles. The fourth-order valence-corrected chi connectivity index (χ4v) is 3.73. The Labute approximate surface area is 172 Å². The van der Waals surface area contributed by atoms with Gasteiger partial charge in [-0.15, -0.1) is 0 Å². The number of carbonyl (C=O) groups is 1. The van der Waals surface area contributed by atoms with Gasteiger partial charge in [0.25, 0.3) is 0 Å². The second-order valence-electron chi connectivity index (χ2n) is 8.48. The van der Waals surface area contributed by atoms with E-state index in [1.165, 1.54) is 6.20 Å². The Morgan fingerprint density at radius 1 is 1.23 bits per heavy atom. The summed E-state index contributed by atoms with van der Waals surface area (Å²) in [4.78, 5) is 22.8. The van der Waals surface area contributed by atoms with Crippen LogP contribution in [0, 0.1) is 17.3 Å². The molecule has 0 radical (unpaired) electrons. The van der Waals surface area contributed by atoms with Crippen molar-refractivity contribution in [3.8, 4) is 17.6 Å². The topological polar surface area (TPSA) is 55.3 Å². The van der Waals surface area contributed by atoms with Crippen molar-refractivity contribution in [2.45, 2.75) is 45.5 Å². The molecule has 2 atom stereocenters. The molecular formula is C22H20F3N3O2. The Morgan fingerprint density at radius 3 is 2.70 bits per heavy atom. The van der Waals surface area contributed by atoms with Gasteiger partial charge in [-0.05, 0) is 18.1 Å². The molecule has 0 saturated carbocycles. The van der Waals surface area contributed by atoms with Crippen molar-refractivity contribution in [2.75, 3.05) is 6.54 Å². The molecule has 2 aliphatic rings. The zero-order valence-electron chi connectivity index (χ0n) is 16.7. The molecule has 2 aliphatic heterocycles. The summed E-state index contributed by atoms with van der Waals surface area (Å²) in [5.41, 5.74) is -0.0829. The van der Waals surface area contributed by atoms with Crippen molar-refractivity contribution in [3.05, 3.63) is 53.1 Å². The number of halogens is 3. The minimum Gasteiger partial charge on any atom is -0.487 e. The van der Waals surface area contributed by atoms with Crippen LogP contribution in [0.5, 0.6) is 5.75 Å². The van der Waals surface area contributed by atoms with E-state index in [0.29, 0.717) is 24.3 Å². The van der Waals surface area contributed by atoms with Crippen LogP contribution in [0.15, 0.2) is 30.7 Å². The predicted octanol–water partition coefficient (Wildman–Crippen LogP) is 3.98. The lowest BCUT2D eigenvalue weighted by molar-refractivity contribution is -0.140. The second kappa shape index (κ2) is 7.01. The largest absolute Gasteiger partial charge is 0.487 e. The molecule has 4 heterocycles. The number of rotatable bonds is 0. The van der Waals surface area contributed by atoms with Crippen molar-refractivity contribution in [1.29, 1.82) is 0 Å². The third-order valence-electron chi connectivity index (χ3n) is 5.15. The third kappa shape index (κ3) is 3.72. The zero-order chi connectivity index (χ0) is 21.7. The highest BCUT2D eigenvalue weighted by atomic mass is 19.4. The zero-order valence-corrected chi connectivity index (χ0v) is 16.7. The summed E-state index contributed by atoms with van der Waals surface area (Å²) >= 11 is 0. The van der Waals surface area contributed by atoms with E-state index in [-0.39, 0.29) is 23.7 Å². The van der Waals surface area contributed by atoms with Gasteiger partial charge in [0.15, 0.2) is 0 Å². The van der Waals surface area contributed by atoms with Gasteiger partial charge in [0, 0.05) is 36.0 Å². The van der Waals surface area contributed by atoms with Crippen LogP contribution in [0.2, 0.25) is 0 Å². The number of carbonyl (C=O) groups excluding carboxylic acids is 1. The molecule has 30 heavy (non-hydrogen) atoms. The van der Waals surface area contributed by atoms with Crippen molar-refractivity contribution in [2.24, 2.45) is 5.41 Å². The highest BCUT2D eigenvalue weighted by molar-refractivity contribution is 5.82. The molecular weight excluding hydrogens is 395 g/mol. The smallest absolute Gasteiger partial charge is 0.416 e. The first kappa shape index (κ1) is 20.2. The van der Waals surface area contributed by atoms with Gasteiger partial charge in [-0.3, -0.25) is 9.78 Å². The molecule has 0 aliphatic carbocycles. The van der Waals surface area contributed by atoms with Gasteiger partial charge in [-0.25, -0.2) is 4.98 Å². The molecule has 0 N–H and O–H groups in total. The maximum atomic E-state index is 12.9.